The van der Waals surface area contributed by atoms with Gasteiger partial charge in [0, 0.05) is 0 Å². The van der Waals surface area contributed by atoms with E-state index < -0.39 is 12.7 Å². The van der Waals surface area contributed by atoms with Gasteiger partial charge in [-0.2, -0.15) is 5.10 Å². The number of nitrogens with zero attached hydrogens (tertiary/aromatic N) is 2. The van der Waals surface area contributed by atoms with E-state index >= 15 is 0 Å². The van der Waals surface area contributed by atoms with Gasteiger partial charge in [-0.15, -0.1) is 0 Å². The summed E-state index contributed by atoms with van der Waals surface area (Å²) in [5.41, 5.74) is 0.322. The van der Waals surface area contributed by atoms with Gasteiger partial charge in [-0.3, -0.25) is 4.79 Å². The van der Waals surface area contributed by atoms with Gasteiger partial charge in [-0.1, -0.05) is 12.1 Å². The fraction of sp³-hybridized carbons (Fsp3) is 0.286. The minimum atomic E-state index is -2.88. The van der Waals surface area contributed by atoms with Crippen molar-refractivity contribution in [2.24, 2.45) is 0 Å². The first-order valence-electron chi connectivity index (χ1n) is 6.30. The summed E-state index contributed by atoms with van der Waals surface area (Å²) >= 11 is 0. The average molecular weight is 308 g/mol. The molecule has 0 saturated carbocycles. The number of methoxy groups -OCH3 is 1. The van der Waals surface area contributed by atoms with E-state index in [0.717, 1.165) is 17.5 Å². The van der Waals surface area contributed by atoms with Crippen LogP contribution in [0.2, 0.25) is 0 Å². The summed E-state index contributed by atoms with van der Waals surface area (Å²) in [5.74, 6) is 0.399. The molecule has 112 valence electrons. The van der Waals surface area contributed by atoms with Crippen LogP contribution in [-0.4, -0.2) is 35.3 Å². The summed E-state index contributed by atoms with van der Waals surface area (Å²) in [7, 11) is -1.30. The summed E-state index contributed by atoms with van der Waals surface area (Å²) < 4.78 is 18.4. The Morgan fingerprint density at radius 3 is 2.43 bits per heavy atom. The molecule has 0 fully saturated rings. The van der Waals surface area contributed by atoms with Crippen molar-refractivity contribution in [2.75, 3.05) is 20.4 Å². The van der Waals surface area contributed by atoms with E-state index in [0.29, 0.717) is 0 Å². The summed E-state index contributed by atoms with van der Waals surface area (Å²) in [6, 6.07) is 7.20. The van der Waals surface area contributed by atoms with Crippen LogP contribution < -0.4 is 15.6 Å². The van der Waals surface area contributed by atoms with Crippen molar-refractivity contribution in [1.82, 2.24) is 9.78 Å². The zero-order valence-electron chi connectivity index (χ0n) is 12.1. The van der Waals surface area contributed by atoms with Crippen LogP contribution in [0.4, 0.5) is 0 Å². The molecule has 0 atom stereocenters. The molecule has 0 saturated heterocycles. The van der Waals surface area contributed by atoms with Crippen molar-refractivity contribution in [3.8, 4) is 11.5 Å². The maximum absolute atomic E-state index is 12.3. The normalized spacial score (nSPS) is 11.4. The smallest absolute Gasteiger partial charge is 0.281 e. The van der Waals surface area contributed by atoms with E-state index in [4.69, 9.17) is 4.74 Å². The van der Waals surface area contributed by atoms with Gasteiger partial charge in [-0.05, 0) is 31.0 Å². The number of aromatic hydroxyl groups is 1. The zero-order chi connectivity index (χ0) is 15.6. The maximum Gasteiger partial charge on any atom is 0.281 e. The van der Waals surface area contributed by atoms with Crippen LogP contribution in [0, 0.1) is 0 Å². The van der Waals surface area contributed by atoms with E-state index in [1.165, 1.54) is 18.0 Å². The van der Waals surface area contributed by atoms with Crippen molar-refractivity contribution >= 4 is 12.4 Å². The fourth-order valence-corrected chi connectivity index (χ4v) is 3.18. The van der Waals surface area contributed by atoms with Crippen LogP contribution in [0.5, 0.6) is 11.5 Å². The van der Waals surface area contributed by atoms with E-state index in [1.807, 2.05) is 12.1 Å². The first kappa shape index (κ1) is 15.3. The Balaban J connectivity index is 2.41. The second-order valence-electron chi connectivity index (χ2n) is 5.04. The molecular weight excluding hydrogens is 291 g/mol. The van der Waals surface area contributed by atoms with Crippen molar-refractivity contribution in [1.29, 1.82) is 0 Å². The van der Waals surface area contributed by atoms with E-state index in [2.05, 4.69) is 5.10 Å². The molecule has 0 radical (unpaired) electrons. The quantitative estimate of drug-likeness (QED) is 0.860. The largest absolute Gasteiger partial charge is 0.505 e. The molecule has 0 aliphatic carbocycles. The van der Waals surface area contributed by atoms with Gasteiger partial charge in [0.1, 0.15) is 18.2 Å². The summed E-state index contributed by atoms with van der Waals surface area (Å²) in [4.78, 5) is 12.3. The van der Waals surface area contributed by atoms with Crippen LogP contribution in [0.15, 0.2) is 35.3 Å². The summed E-state index contributed by atoms with van der Waals surface area (Å²) in [6.45, 7) is 3.12. The highest BCUT2D eigenvalue weighted by atomic mass is 31.2. The minimum absolute atomic E-state index is 0.0639. The highest BCUT2D eigenvalue weighted by Gasteiger charge is 2.22. The van der Waals surface area contributed by atoms with Crippen LogP contribution >= 0.6 is 7.14 Å². The number of ether oxygens (including phenoxy) is 1. The third-order valence-electron chi connectivity index (χ3n) is 3.03. The van der Waals surface area contributed by atoms with Gasteiger partial charge in [-0.25, -0.2) is 4.68 Å². The number of aromatic nitrogens is 2. The van der Waals surface area contributed by atoms with Crippen molar-refractivity contribution < 1.29 is 14.4 Å². The Labute approximate surface area is 122 Å². The van der Waals surface area contributed by atoms with Crippen LogP contribution in [0.3, 0.4) is 0 Å². The highest BCUT2D eigenvalue weighted by Crippen LogP contribution is 2.35. The van der Waals surface area contributed by atoms with Crippen LogP contribution in [0.1, 0.15) is 5.56 Å². The van der Waals surface area contributed by atoms with Gasteiger partial charge in [0.25, 0.3) is 5.56 Å². The lowest BCUT2D eigenvalue weighted by Crippen LogP contribution is -2.35. The standard InChI is InChI=1S/C14H17N2O4P/c1-20-11-6-4-10(5-7-11)9-16-14(18)13(21(2,3)19)12(17)8-15-16/h4-8,17H,9H2,1-3H3. The molecule has 0 spiro atoms. The number of benzene rings is 1. The molecule has 1 aromatic heterocycles. The molecule has 1 heterocycles. The molecule has 0 aliphatic heterocycles. The predicted octanol–water partition coefficient (Wildman–Crippen LogP) is 1.25. The molecule has 0 bridgehead atoms. The molecule has 1 aromatic carbocycles. The number of hydrogen-bond acceptors (Lipinski definition) is 5. The second kappa shape index (κ2) is 5.74. The second-order valence-corrected chi connectivity index (χ2v) is 8.19. The molecule has 6 nitrogen and oxygen atoms in total. The summed E-state index contributed by atoms with van der Waals surface area (Å²) in [6.07, 6.45) is 1.15. The average Bonchev–Trinajstić information content (AvgIpc) is 2.41. The third kappa shape index (κ3) is 3.34. The lowest BCUT2D eigenvalue weighted by atomic mass is 10.2. The minimum Gasteiger partial charge on any atom is -0.505 e. The van der Waals surface area contributed by atoms with Crippen LogP contribution in [0.25, 0.3) is 0 Å². The molecule has 0 amide bonds. The van der Waals surface area contributed by atoms with Gasteiger partial charge < -0.3 is 14.4 Å². The first-order chi connectivity index (χ1) is 9.82. The molecule has 21 heavy (non-hydrogen) atoms. The Hall–Kier alpha value is -2.07. The molecule has 0 unspecified atom stereocenters. The SMILES string of the molecule is COc1ccc(Cn2ncc(O)c(P(C)(C)=O)c2=O)cc1. The van der Waals surface area contributed by atoms with Crippen molar-refractivity contribution in [2.45, 2.75) is 6.54 Å². The lowest BCUT2D eigenvalue weighted by Gasteiger charge is -2.11. The first-order valence-corrected chi connectivity index (χ1v) is 8.90. The van der Waals surface area contributed by atoms with Crippen LogP contribution in [-0.2, 0) is 11.1 Å². The maximum atomic E-state index is 12.3. The van der Waals surface area contributed by atoms with E-state index in [-0.39, 0.29) is 17.6 Å². The van der Waals surface area contributed by atoms with Gasteiger partial charge >= 0.3 is 0 Å². The molecule has 1 N–H and O–H groups in total. The predicted molar refractivity (Wildman–Crippen MR) is 81.3 cm³/mol. The molecule has 0 aliphatic rings. The van der Waals surface area contributed by atoms with Gasteiger partial charge in [0.05, 0.1) is 19.9 Å². The fourth-order valence-electron chi connectivity index (χ4n) is 1.99. The lowest BCUT2D eigenvalue weighted by molar-refractivity contribution is 0.414. The Morgan fingerprint density at radius 1 is 1.29 bits per heavy atom. The van der Waals surface area contributed by atoms with E-state index in [1.54, 1.807) is 19.2 Å². The Morgan fingerprint density at radius 2 is 1.90 bits per heavy atom. The molecule has 2 rings (SSSR count). The zero-order valence-corrected chi connectivity index (χ0v) is 13.0. The van der Waals surface area contributed by atoms with Crippen molar-refractivity contribution in [3.05, 3.63) is 46.4 Å². The molecular formula is C14H17N2O4P. The van der Waals surface area contributed by atoms with Crippen molar-refractivity contribution in [3.63, 3.8) is 0 Å². The highest BCUT2D eigenvalue weighted by molar-refractivity contribution is 7.70. The Kier molecular flexibility index (Phi) is 4.19. The third-order valence-corrected chi connectivity index (χ3v) is 4.53. The van der Waals surface area contributed by atoms with E-state index in [9.17, 15) is 14.5 Å². The molecule has 2 aromatic rings. The molecule has 7 heteroatoms. The van der Waals surface area contributed by atoms with Gasteiger partial charge in [0.2, 0.25) is 0 Å². The number of hydrogen-bond donors (Lipinski definition) is 1. The Bertz CT molecular complexity index is 747. The summed E-state index contributed by atoms with van der Waals surface area (Å²) in [5, 5.41) is 13.5. The number of rotatable bonds is 4. The monoisotopic (exact) mass is 308 g/mol. The topological polar surface area (TPSA) is 81.4 Å². The van der Waals surface area contributed by atoms with Gasteiger partial charge in [0.15, 0.2) is 5.75 Å².